The van der Waals surface area contributed by atoms with Crippen LogP contribution in [-0.4, -0.2) is 29.7 Å². The Morgan fingerprint density at radius 1 is 1.30 bits per heavy atom. The molecule has 2 N–H and O–H groups in total. The predicted octanol–water partition coefficient (Wildman–Crippen LogP) is 1.65. The molecule has 0 aliphatic carbocycles. The molecule has 0 saturated carbocycles. The fourth-order valence-electron chi connectivity index (χ4n) is 2.35. The van der Waals surface area contributed by atoms with Crippen LogP contribution in [0.1, 0.15) is 26.3 Å². The molecular formula is C13H15F2N3O4S. The number of hydrogen-bond donors (Lipinski definition) is 1. The fourth-order valence-corrected chi connectivity index (χ4v) is 4.04. The first-order chi connectivity index (χ1) is 10.3. The summed E-state index contributed by atoms with van der Waals surface area (Å²) in [7, 11) is -3.84. The number of halogens is 2. The number of sulfone groups is 1. The lowest BCUT2D eigenvalue weighted by molar-refractivity contribution is -0.385. The average molecular weight is 347 g/mol. The normalized spacial score (nSPS) is 25.7. The maximum atomic E-state index is 14.1. The van der Waals surface area contributed by atoms with Gasteiger partial charge in [0.25, 0.3) is 5.69 Å². The van der Waals surface area contributed by atoms with Gasteiger partial charge in [0.2, 0.25) is 0 Å². The molecule has 1 aromatic carbocycles. The molecule has 0 spiro atoms. The lowest BCUT2D eigenvalue weighted by Crippen LogP contribution is -2.55. The van der Waals surface area contributed by atoms with Crippen molar-refractivity contribution >= 4 is 21.4 Å². The first-order valence-corrected chi connectivity index (χ1v) is 8.19. The summed E-state index contributed by atoms with van der Waals surface area (Å²) in [5.41, 5.74) is 2.73. The Bertz CT molecular complexity index is 836. The number of aliphatic imine (C=N–C) groups is 1. The van der Waals surface area contributed by atoms with Crippen molar-refractivity contribution in [2.45, 2.75) is 31.1 Å². The van der Waals surface area contributed by atoms with Gasteiger partial charge in [0, 0.05) is 11.6 Å². The topological polar surface area (TPSA) is 116 Å². The summed E-state index contributed by atoms with van der Waals surface area (Å²) in [4.78, 5) is 14.0. The summed E-state index contributed by atoms with van der Waals surface area (Å²) in [6, 6.07) is 1.21. The third kappa shape index (κ3) is 2.56. The standard InChI is InChI=1S/C13H15F2N3O4S/c1-12(2)11(16)17-13(3,6-23(12,21)22)8-4-7(18(19)20)5-9(14)10(8)15/h4-5H,6H2,1-3H3,(H2,16,17)/t13-/m0/s1. The van der Waals surface area contributed by atoms with E-state index in [-0.39, 0.29) is 5.84 Å². The third-order valence-corrected chi connectivity index (χ3v) is 6.74. The van der Waals surface area contributed by atoms with Gasteiger partial charge in [-0.15, -0.1) is 0 Å². The van der Waals surface area contributed by atoms with Gasteiger partial charge in [0.05, 0.1) is 16.7 Å². The summed E-state index contributed by atoms with van der Waals surface area (Å²) in [5.74, 6) is -3.75. The highest BCUT2D eigenvalue weighted by Gasteiger charge is 2.50. The van der Waals surface area contributed by atoms with E-state index in [4.69, 9.17) is 5.73 Å². The zero-order valence-corrected chi connectivity index (χ0v) is 13.4. The van der Waals surface area contributed by atoms with Crippen molar-refractivity contribution in [2.24, 2.45) is 10.7 Å². The highest BCUT2D eigenvalue weighted by atomic mass is 32.2. The van der Waals surface area contributed by atoms with Crippen molar-refractivity contribution in [2.75, 3.05) is 5.75 Å². The zero-order valence-electron chi connectivity index (χ0n) is 12.6. The van der Waals surface area contributed by atoms with Crippen LogP contribution in [0.4, 0.5) is 14.5 Å². The number of nitrogens with two attached hydrogens (primary N) is 1. The van der Waals surface area contributed by atoms with Crippen LogP contribution in [0.2, 0.25) is 0 Å². The Kier molecular flexibility index (Phi) is 3.71. The third-order valence-electron chi connectivity index (χ3n) is 4.04. The largest absolute Gasteiger partial charge is 0.386 e. The van der Waals surface area contributed by atoms with Gasteiger partial charge in [-0.2, -0.15) is 0 Å². The molecule has 1 aromatic rings. The van der Waals surface area contributed by atoms with E-state index in [0.717, 1.165) is 6.07 Å². The van der Waals surface area contributed by atoms with Gasteiger partial charge >= 0.3 is 0 Å². The van der Waals surface area contributed by atoms with Crippen LogP contribution in [0, 0.1) is 21.7 Å². The molecule has 0 amide bonds. The number of nitro groups is 1. The van der Waals surface area contributed by atoms with Crippen molar-refractivity contribution in [3.05, 3.63) is 39.4 Å². The molecule has 0 saturated heterocycles. The molecule has 23 heavy (non-hydrogen) atoms. The fraction of sp³-hybridized carbons (Fsp3) is 0.462. The van der Waals surface area contributed by atoms with E-state index in [0.29, 0.717) is 6.07 Å². The van der Waals surface area contributed by atoms with Gasteiger partial charge in [0.15, 0.2) is 21.5 Å². The van der Waals surface area contributed by atoms with Crippen molar-refractivity contribution in [1.29, 1.82) is 0 Å². The lowest BCUT2D eigenvalue weighted by Gasteiger charge is -2.37. The van der Waals surface area contributed by atoms with Gasteiger partial charge in [-0.3, -0.25) is 15.1 Å². The van der Waals surface area contributed by atoms with Gasteiger partial charge < -0.3 is 5.73 Å². The van der Waals surface area contributed by atoms with E-state index >= 15 is 0 Å². The molecule has 1 atom stereocenters. The number of rotatable bonds is 2. The smallest absolute Gasteiger partial charge is 0.272 e. The lowest BCUT2D eigenvalue weighted by atomic mass is 9.92. The predicted molar refractivity (Wildman–Crippen MR) is 79.9 cm³/mol. The first kappa shape index (κ1) is 17.3. The summed E-state index contributed by atoms with van der Waals surface area (Å²) in [6.07, 6.45) is 0. The molecule has 0 aromatic heterocycles. The molecule has 7 nitrogen and oxygen atoms in total. The van der Waals surface area contributed by atoms with E-state index in [1.807, 2.05) is 0 Å². The van der Waals surface area contributed by atoms with Crippen molar-refractivity contribution in [3.63, 3.8) is 0 Å². The van der Waals surface area contributed by atoms with Crippen molar-refractivity contribution in [1.82, 2.24) is 0 Å². The van der Waals surface area contributed by atoms with E-state index in [2.05, 4.69) is 4.99 Å². The molecular weight excluding hydrogens is 332 g/mol. The van der Waals surface area contributed by atoms with Crippen LogP contribution < -0.4 is 5.73 Å². The number of amidine groups is 1. The number of nitro benzene ring substituents is 1. The van der Waals surface area contributed by atoms with Gasteiger partial charge in [-0.25, -0.2) is 17.2 Å². The van der Waals surface area contributed by atoms with Gasteiger partial charge in [-0.05, 0) is 20.8 Å². The molecule has 10 heteroatoms. The van der Waals surface area contributed by atoms with E-state index in [1.165, 1.54) is 20.8 Å². The Balaban J connectivity index is 2.76. The number of non-ortho nitro benzene ring substituents is 1. The van der Waals surface area contributed by atoms with Crippen LogP contribution in [0.25, 0.3) is 0 Å². The highest BCUT2D eigenvalue weighted by Crippen LogP contribution is 2.39. The SMILES string of the molecule is CC1(C)C(N)=N[C@](C)(c2cc([N+](=O)[O-])cc(F)c2F)CS1(=O)=O. The summed E-state index contributed by atoms with van der Waals surface area (Å²) in [5, 5.41) is 10.8. The Hall–Kier alpha value is -2.10. The number of benzene rings is 1. The molecule has 0 bridgehead atoms. The summed E-state index contributed by atoms with van der Waals surface area (Å²) < 4.78 is 51.2. The van der Waals surface area contributed by atoms with E-state index in [9.17, 15) is 27.3 Å². The average Bonchev–Trinajstić information content (AvgIpc) is 2.38. The molecule has 1 heterocycles. The Labute approximate surface area is 131 Å². The molecule has 1 aliphatic rings. The van der Waals surface area contributed by atoms with Gasteiger partial charge in [0.1, 0.15) is 16.1 Å². The van der Waals surface area contributed by atoms with Crippen LogP contribution in [0.5, 0.6) is 0 Å². The second-order valence-corrected chi connectivity index (χ2v) is 8.63. The minimum atomic E-state index is -3.84. The summed E-state index contributed by atoms with van der Waals surface area (Å²) >= 11 is 0. The minimum absolute atomic E-state index is 0.266. The van der Waals surface area contributed by atoms with Crippen LogP contribution in [0.3, 0.4) is 0 Å². The molecule has 2 rings (SSSR count). The molecule has 0 fully saturated rings. The molecule has 0 unspecified atom stereocenters. The van der Waals surface area contributed by atoms with Crippen molar-refractivity contribution < 1.29 is 22.1 Å². The second-order valence-electron chi connectivity index (χ2n) is 6.09. The highest BCUT2D eigenvalue weighted by molar-refractivity contribution is 7.93. The minimum Gasteiger partial charge on any atom is -0.386 e. The number of nitrogens with zero attached hydrogens (tertiary/aromatic N) is 2. The van der Waals surface area contributed by atoms with E-state index < -0.39 is 53.7 Å². The molecule has 1 aliphatic heterocycles. The van der Waals surface area contributed by atoms with Gasteiger partial charge in [-0.1, -0.05) is 0 Å². The van der Waals surface area contributed by atoms with E-state index in [1.54, 1.807) is 0 Å². The second kappa shape index (κ2) is 4.95. The summed E-state index contributed by atoms with van der Waals surface area (Å²) in [6.45, 7) is 3.95. The first-order valence-electron chi connectivity index (χ1n) is 6.54. The number of hydrogen-bond acceptors (Lipinski definition) is 6. The van der Waals surface area contributed by atoms with Crippen molar-refractivity contribution in [3.8, 4) is 0 Å². The molecule has 126 valence electrons. The Morgan fingerprint density at radius 2 is 1.87 bits per heavy atom. The van der Waals surface area contributed by atoms with Crippen LogP contribution in [-0.2, 0) is 15.4 Å². The zero-order chi connectivity index (χ0) is 17.8. The maximum absolute atomic E-state index is 14.1. The quantitative estimate of drug-likeness (QED) is 0.645. The van der Waals surface area contributed by atoms with Crippen LogP contribution in [0.15, 0.2) is 17.1 Å². The molecule has 0 radical (unpaired) electrons. The van der Waals surface area contributed by atoms with Crippen LogP contribution >= 0.6 is 0 Å². The monoisotopic (exact) mass is 347 g/mol. The maximum Gasteiger partial charge on any atom is 0.272 e. The Morgan fingerprint density at radius 3 is 2.35 bits per heavy atom.